The Labute approximate surface area is 221 Å². The monoisotopic (exact) mass is 521 g/mol. The van der Waals surface area contributed by atoms with Gasteiger partial charge in [0, 0.05) is 40.9 Å². The van der Waals surface area contributed by atoms with Crippen LogP contribution in [0.2, 0.25) is 0 Å². The third-order valence-corrected chi connectivity index (χ3v) is 7.07. The van der Waals surface area contributed by atoms with E-state index in [0.29, 0.717) is 54.6 Å². The third-order valence-electron chi connectivity index (χ3n) is 7.07. The number of fused-ring (bicyclic) bond motifs is 2. The number of halogens is 1. The van der Waals surface area contributed by atoms with Gasteiger partial charge in [0.1, 0.15) is 29.2 Å². The first-order valence-electron chi connectivity index (χ1n) is 13.0. The van der Waals surface area contributed by atoms with Gasteiger partial charge in [0.25, 0.3) is 0 Å². The lowest BCUT2D eigenvalue weighted by atomic mass is 9.98. The van der Waals surface area contributed by atoms with Gasteiger partial charge >= 0.3 is 5.97 Å². The molecule has 7 nitrogen and oxygen atoms in total. The molecule has 0 radical (unpaired) electrons. The number of pyridine rings is 1. The van der Waals surface area contributed by atoms with E-state index in [-0.39, 0.29) is 18.2 Å². The van der Waals surface area contributed by atoms with Crippen LogP contribution in [0.1, 0.15) is 73.8 Å². The maximum Gasteiger partial charge on any atom is 0.304 e. The predicted molar refractivity (Wildman–Crippen MR) is 139 cm³/mol. The zero-order valence-electron chi connectivity index (χ0n) is 21.6. The summed E-state index contributed by atoms with van der Waals surface area (Å²) in [6.07, 6.45) is 4.88. The maximum atomic E-state index is 15.0. The molecule has 1 unspecified atom stereocenters. The molecule has 0 amide bonds. The second-order valence-corrected chi connectivity index (χ2v) is 10.7. The summed E-state index contributed by atoms with van der Waals surface area (Å²) in [6, 6.07) is 12.1. The molecule has 0 saturated heterocycles. The molecule has 0 fully saturated rings. The number of hydrogen-bond donors (Lipinski definition) is 2. The summed E-state index contributed by atoms with van der Waals surface area (Å²) in [6.45, 7) is 3.93. The highest BCUT2D eigenvalue weighted by atomic mass is 19.1. The number of aliphatic carboxylic acids is 1. The second kappa shape index (κ2) is 10.6. The van der Waals surface area contributed by atoms with Crippen molar-refractivity contribution in [3.63, 3.8) is 0 Å². The Bertz CT molecular complexity index is 1320. The highest BCUT2D eigenvalue weighted by Crippen LogP contribution is 2.44. The molecule has 5 rings (SSSR count). The van der Waals surface area contributed by atoms with Gasteiger partial charge in [-0.05, 0) is 69.7 Å². The molecule has 38 heavy (non-hydrogen) atoms. The standard InChI is InChI=1S/C30H32FNO6/c1-30(2,35)13-3-4-18-5-12-27(32-16-18)38-24-11-9-23(31)29-22(24)8-10-25(29)37-20-6-7-21-19(14-28(33)34)17-36-26(21)15-20/h5-7,9,11-12,15-16,19,25,35H,3-4,8,10,13-14,17H2,1-2H3,(H,33,34)/t19?,25-/m1/s1. The molecule has 1 aliphatic heterocycles. The number of aryl methyl sites for hydroxylation is 1. The van der Waals surface area contributed by atoms with Gasteiger partial charge in [-0.3, -0.25) is 4.79 Å². The Morgan fingerprint density at radius 3 is 2.79 bits per heavy atom. The zero-order chi connectivity index (χ0) is 26.9. The van der Waals surface area contributed by atoms with Gasteiger partial charge in [0.2, 0.25) is 5.88 Å². The summed E-state index contributed by atoms with van der Waals surface area (Å²) in [5, 5.41) is 19.0. The Morgan fingerprint density at radius 2 is 2.05 bits per heavy atom. The average Bonchev–Trinajstić information content (AvgIpc) is 3.46. The fourth-order valence-corrected chi connectivity index (χ4v) is 5.19. The summed E-state index contributed by atoms with van der Waals surface area (Å²) in [5.74, 6) is 0.755. The number of aliphatic hydroxyl groups is 1. The van der Waals surface area contributed by atoms with Crippen LogP contribution in [0, 0.1) is 5.82 Å². The minimum atomic E-state index is -0.865. The molecule has 1 aliphatic carbocycles. The Morgan fingerprint density at radius 1 is 1.21 bits per heavy atom. The lowest BCUT2D eigenvalue weighted by Gasteiger charge is -2.17. The van der Waals surface area contributed by atoms with E-state index >= 15 is 0 Å². The molecule has 0 bridgehead atoms. The number of nitrogens with zero attached hydrogens (tertiary/aromatic N) is 1. The summed E-state index contributed by atoms with van der Waals surface area (Å²) in [7, 11) is 0. The van der Waals surface area contributed by atoms with Crippen molar-refractivity contribution in [2.75, 3.05) is 6.61 Å². The van der Waals surface area contributed by atoms with Gasteiger partial charge in [-0.1, -0.05) is 12.1 Å². The van der Waals surface area contributed by atoms with Gasteiger partial charge in [-0.2, -0.15) is 0 Å². The molecule has 0 spiro atoms. The van der Waals surface area contributed by atoms with Crippen molar-refractivity contribution >= 4 is 5.97 Å². The summed E-state index contributed by atoms with van der Waals surface area (Å²) in [4.78, 5) is 15.5. The largest absolute Gasteiger partial charge is 0.492 e. The van der Waals surface area contributed by atoms with Gasteiger partial charge in [-0.15, -0.1) is 0 Å². The molecule has 2 heterocycles. The van der Waals surface area contributed by atoms with Crippen molar-refractivity contribution in [2.45, 2.75) is 70.0 Å². The fraction of sp³-hybridized carbons (Fsp3) is 0.400. The van der Waals surface area contributed by atoms with Crippen LogP contribution in [0.15, 0.2) is 48.7 Å². The van der Waals surface area contributed by atoms with Crippen LogP contribution >= 0.6 is 0 Å². The zero-order valence-corrected chi connectivity index (χ0v) is 21.6. The highest BCUT2D eigenvalue weighted by molar-refractivity contribution is 5.68. The van der Waals surface area contributed by atoms with E-state index < -0.39 is 17.7 Å². The second-order valence-electron chi connectivity index (χ2n) is 10.7. The van der Waals surface area contributed by atoms with Crippen molar-refractivity contribution in [1.29, 1.82) is 0 Å². The average molecular weight is 522 g/mol. The van der Waals surface area contributed by atoms with E-state index in [2.05, 4.69) is 4.98 Å². The van der Waals surface area contributed by atoms with Gasteiger partial charge in [0.05, 0.1) is 18.6 Å². The Kier molecular flexibility index (Phi) is 7.25. The molecule has 0 saturated carbocycles. The van der Waals surface area contributed by atoms with Gasteiger partial charge in [-0.25, -0.2) is 9.37 Å². The van der Waals surface area contributed by atoms with Crippen LogP contribution in [0.5, 0.6) is 23.1 Å². The molecule has 200 valence electrons. The van der Waals surface area contributed by atoms with E-state index in [1.807, 2.05) is 12.1 Å². The summed E-state index contributed by atoms with van der Waals surface area (Å²) in [5.41, 5.74) is 2.48. The van der Waals surface area contributed by atoms with Crippen LogP contribution in [-0.4, -0.2) is 33.4 Å². The summed E-state index contributed by atoms with van der Waals surface area (Å²) >= 11 is 0. The minimum absolute atomic E-state index is 0.0107. The smallest absolute Gasteiger partial charge is 0.304 e. The van der Waals surface area contributed by atoms with Crippen LogP contribution in [0.25, 0.3) is 0 Å². The van der Waals surface area contributed by atoms with Gasteiger partial charge in [0.15, 0.2) is 0 Å². The normalized spacial score (nSPS) is 18.0. The van der Waals surface area contributed by atoms with E-state index in [4.69, 9.17) is 19.3 Å². The first-order valence-corrected chi connectivity index (χ1v) is 13.0. The van der Waals surface area contributed by atoms with E-state index in [9.17, 15) is 14.3 Å². The number of benzene rings is 2. The summed E-state index contributed by atoms with van der Waals surface area (Å²) < 4.78 is 32.9. The molecular formula is C30H32FNO6. The van der Waals surface area contributed by atoms with Crippen LogP contribution in [0.4, 0.5) is 4.39 Å². The van der Waals surface area contributed by atoms with Crippen molar-refractivity contribution < 1.29 is 33.6 Å². The first kappa shape index (κ1) is 26.0. The van der Waals surface area contributed by atoms with E-state index in [1.165, 1.54) is 6.07 Å². The first-order chi connectivity index (χ1) is 18.2. The number of carboxylic acids is 1. The predicted octanol–water partition coefficient (Wildman–Crippen LogP) is 6.12. The number of carbonyl (C=O) groups is 1. The molecule has 1 aromatic heterocycles. The molecule has 2 aromatic carbocycles. The van der Waals surface area contributed by atoms with Crippen LogP contribution in [0.3, 0.4) is 0 Å². The molecular weight excluding hydrogens is 489 g/mol. The highest BCUT2D eigenvalue weighted by Gasteiger charge is 2.32. The minimum Gasteiger partial charge on any atom is -0.492 e. The van der Waals surface area contributed by atoms with Crippen molar-refractivity contribution in [3.8, 4) is 23.1 Å². The molecule has 2 aliphatic rings. The molecule has 3 aromatic rings. The molecule has 8 heteroatoms. The van der Waals surface area contributed by atoms with E-state index in [0.717, 1.165) is 29.5 Å². The topological polar surface area (TPSA) is 98.1 Å². The van der Waals surface area contributed by atoms with Gasteiger partial charge < -0.3 is 24.4 Å². The maximum absolute atomic E-state index is 15.0. The third kappa shape index (κ3) is 5.91. The Hall–Kier alpha value is -3.65. The quantitative estimate of drug-likeness (QED) is 0.331. The fourth-order valence-electron chi connectivity index (χ4n) is 5.19. The number of carboxylic acid groups (broad SMARTS) is 1. The number of ether oxygens (including phenoxy) is 3. The van der Waals surface area contributed by atoms with Crippen molar-refractivity contribution in [2.24, 2.45) is 0 Å². The van der Waals surface area contributed by atoms with Crippen LogP contribution in [-0.2, 0) is 17.6 Å². The lowest BCUT2D eigenvalue weighted by molar-refractivity contribution is -0.137. The van der Waals surface area contributed by atoms with Crippen molar-refractivity contribution in [1.82, 2.24) is 4.98 Å². The number of hydrogen-bond acceptors (Lipinski definition) is 6. The van der Waals surface area contributed by atoms with Crippen LogP contribution < -0.4 is 14.2 Å². The molecule has 2 atom stereocenters. The van der Waals surface area contributed by atoms with Crippen molar-refractivity contribution in [3.05, 3.63) is 76.7 Å². The SMILES string of the molecule is CC(C)(O)CCCc1ccc(Oc2ccc(F)c3c2CC[C@H]3Oc2ccc3c(c2)OCC3CC(=O)O)nc1. The van der Waals surface area contributed by atoms with E-state index in [1.54, 1.807) is 44.3 Å². The Balaban J connectivity index is 1.27. The number of aromatic nitrogens is 1. The number of rotatable bonds is 10. The molecule has 2 N–H and O–H groups in total. The lowest BCUT2D eigenvalue weighted by Crippen LogP contribution is -2.18.